The molecule has 0 saturated carbocycles. The number of benzene rings is 2. The molecule has 8 heteroatoms. The van der Waals surface area contributed by atoms with Gasteiger partial charge in [0, 0.05) is 23.6 Å². The van der Waals surface area contributed by atoms with Crippen molar-refractivity contribution in [3.8, 4) is 22.6 Å². The molecule has 0 unspecified atom stereocenters. The molecule has 3 aromatic rings. The number of carbonyl (C=O) groups is 1. The molecular formula is C19H15F2N3O3. The van der Waals surface area contributed by atoms with Crippen molar-refractivity contribution < 1.29 is 23.0 Å². The molecule has 27 heavy (non-hydrogen) atoms. The van der Waals surface area contributed by atoms with Gasteiger partial charge in [0.1, 0.15) is 17.2 Å². The third-order valence-corrected chi connectivity index (χ3v) is 3.65. The molecule has 0 aliphatic carbocycles. The van der Waals surface area contributed by atoms with E-state index in [9.17, 15) is 13.6 Å². The average Bonchev–Trinajstić information content (AvgIpc) is 2.69. The van der Waals surface area contributed by atoms with Crippen LogP contribution in [0.2, 0.25) is 0 Å². The fourth-order valence-electron chi connectivity index (χ4n) is 2.41. The molecule has 1 aromatic heterocycles. The molecule has 0 radical (unpaired) electrons. The van der Waals surface area contributed by atoms with Crippen LogP contribution in [0.25, 0.3) is 11.1 Å². The molecule has 2 aromatic carbocycles. The van der Waals surface area contributed by atoms with Crippen molar-refractivity contribution in [2.24, 2.45) is 0 Å². The highest BCUT2D eigenvalue weighted by atomic mass is 19.3. The first-order valence-electron chi connectivity index (χ1n) is 7.87. The van der Waals surface area contributed by atoms with Crippen molar-refractivity contribution >= 4 is 11.6 Å². The van der Waals surface area contributed by atoms with Crippen LogP contribution in [0.5, 0.6) is 11.5 Å². The summed E-state index contributed by atoms with van der Waals surface area (Å²) < 4.78 is 35.2. The molecule has 1 N–H and O–H groups in total. The second-order valence-electron chi connectivity index (χ2n) is 5.36. The van der Waals surface area contributed by atoms with Crippen LogP contribution >= 0.6 is 0 Å². The lowest BCUT2D eigenvalue weighted by molar-refractivity contribution is -0.0494. The van der Waals surface area contributed by atoms with Gasteiger partial charge in [-0.2, -0.15) is 8.78 Å². The van der Waals surface area contributed by atoms with E-state index in [0.717, 1.165) is 0 Å². The zero-order valence-electron chi connectivity index (χ0n) is 14.2. The van der Waals surface area contributed by atoms with Crippen LogP contribution in [-0.2, 0) is 0 Å². The van der Waals surface area contributed by atoms with E-state index in [-0.39, 0.29) is 11.4 Å². The van der Waals surface area contributed by atoms with Crippen molar-refractivity contribution in [2.75, 3.05) is 12.4 Å². The quantitative estimate of drug-likeness (QED) is 0.709. The van der Waals surface area contributed by atoms with Crippen LogP contribution in [0.3, 0.4) is 0 Å². The van der Waals surface area contributed by atoms with E-state index in [0.29, 0.717) is 22.6 Å². The molecule has 0 fully saturated rings. The number of hydrogen-bond donors (Lipinski definition) is 1. The van der Waals surface area contributed by atoms with Gasteiger partial charge in [0.05, 0.1) is 13.3 Å². The number of amides is 1. The van der Waals surface area contributed by atoms with Gasteiger partial charge in [0.25, 0.3) is 5.91 Å². The van der Waals surface area contributed by atoms with E-state index in [1.807, 2.05) is 0 Å². The Hall–Kier alpha value is -3.55. The number of aromatic nitrogens is 2. The maximum absolute atomic E-state index is 12.7. The fraction of sp³-hybridized carbons (Fsp3) is 0.105. The Bertz CT molecular complexity index is 919. The van der Waals surface area contributed by atoms with Gasteiger partial charge in [-0.15, -0.1) is 0 Å². The van der Waals surface area contributed by atoms with Gasteiger partial charge in [-0.3, -0.25) is 9.78 Å². The smallest absolute Gasteiger partial charge is 0.387 e. The second-order valence-corrected chi connectivity index (χ2v) is 5.36. The zero-order chi connectivity index (χ0) is 19.2. The Morgan fingerprint density at radius 1 is 1.11 bits per heavy atom. The van der Waals surface area contributed by atoms with Crippen LogP contribution < -0.4 is 14.8 Å². The van der Waals surface area contributed by atoms with Crippen LogP contribution in [0.4, 0.5) is 14.5 Å². The minimum Gasteiger partial charge on any atom is -0.497 e. The van der Waals surface area contributed by atoms with Crippen molar-refractivity contribution in [2.45, 2.75) is 6.61 Å². The molecule has 0 bridgehead atoms. The largest absolute Gasteiger partial charge is 0.497 e. The van der Waals surface area contributed by atoms with E-state index in [2.05, 4.69) is 20.0 Å². The van der Waals surface area contributed by atoms with Gasteiger partial charge in [0.2, 0.25) is 0 Å². The molecule has 138 valence electrons. The minimum absolute atomic E-state index is 0.00679. The lowest BCUT2D eigenvalue weighted by Gasteiger charge is -2.14. The topological polar surface area (TPSA) is 73.3 Å². The Morgan fingerprint density at radius 3 is 2.52 bits per heavy atom. The molecule has 6 nitrogen and oxygen atoms in total. The third kappa shape index (κ3) is 4.55. The van der Waals surface area contributed by atoms with Crippen molar-refractivity contribution in [3.05, 3.63) is 66.7 Å². The van der Waals surface area contributed by atoms with Crippen molar-refractivity contribution in [3.63, 3.8) is 0 Å². The number of ether oxygens (including phenoxy) is 2. The number of carbonyl (C=O) groups excluding carboxylic acids is 1. The lowest BCUT2D eigenvalue weighted by atomic mass is 10.0. The van der Waals surface area contributed by atoms with E-state index in [1.165, 1.54) is 37.8 Å². The third-order valence-electron chi connectivity index (χ3n) is 3.65. The Morgan fingerprint density at radius 2 is 1.89 bits per heavy atom. The van der Waals surface area contributed by atoms with Gasteiger partial charge in [-0.1, -0.05) is 12.1 Å². The normalized spacial score (nSPS) is 10.5. The first kappa shape index (κ1) is 18.2. The summed E-state index contributed by atoms with van der Waals surface area (Å²) in [6, 6.07) is 11.2. The molecular weight excluding hydrogens is 356 g/mol. The molecule has 0 aliphatic rings. The Balaban J connectivity index is 1.93. The number of rotatable bonds is 6. The number of nitrogens with zero attached hydrogens (tertiary/aromatic N) is 2. The predicted octanol–water partition coefficient (Wildman–Crippen LogP) is 4.01. The predicted molar refractivity (Wildman–Crippen MR) is 95.0 cm³/mol. The monoisotopic (exact) mass is 371 g/mol. The number of hydrogen-bond acceptors (Lipinski definition) is 5. The van der Waals surface area contributed by atoms with E-state index in [4.69, 9.17) is 4.74 Å². The molecule has 0 saturated heterocycles. The van der Waals surface area contributed by atoms with Gasteiger partial charge in [0.15, 0.2) is 0 Å². The summed E-state index contributed by atoms with van der Waals surface area (Å²) in [5.41, 5.74) is 1.56. The second kappa shape index (κ2) is 8.22. The maximum atomic E-state index is 12.7. The summed E-state index contributed by atoms with van der Waals surface area (Å²) >= 11 is 0. The minimum atomic E-state index is -2.97. The molecule has 0 aliphatic heterocycles. The van der Waals surface area contributed by atoms with Crippen molar-refractivity contribution in [1.82, 2.24) is 9.97 Å². The Labute approximate surface area is 153 Å². The van der Waals surface area contributed by atoms with Gasteiger partial charge in [-0.25, -0.2) is 4.98 Å². The number of methoxy groups -OCH3 is 1. The van der Waals surface area contributed by atoms with Gasteiger partial charge < -0.3 is 14.8 Å². The summed E-state index contributed by atoms with van der Waals surface area (Å²) in [5.74, 6) is 0.154. The highest BCUT2D eigenvalue weighted by molar-refractivity contribution is 6.03. The standard InChI is InChI=1S/C19H15F2N3O3/c1-26-14-5-2-12(3-6-14)15-10-13(4-7-17(15)27-19(20)21)24-18(25)16-11-22-8-9-23-16/h2-11,19H,1H3,(H,24,25). The number of alkyl halides is 2. The van der Waals surface area contributed by atoms with Crippen LogP contribution in [-0.4, -0.2) is 29.6 Å². The molecule has 1 amide bonds. The SMILES string of the molecule is COc1ccc(-c2cc(NC(=O)c3cnccn3)ccc2OC(F)F)cc1. The van der Waals surface area contributed by atoms with E-state index in [1.54, 1.807) is 30.3 Å². The fourth-order valence-corrected chi connectivity index (χ4v) is 2.41. The maximum Gasteiger partial charge on any atom is 0.387 e. The number of nitrogens with one attached hydrogen (secondary N) is 1. The molecule has 0 spiro atoms. The number of anilines is 1. The summed E-state index contributed by atoms with van der Waals surface area (Å²) in [5, 5.41) is 2.66. The summed E-state index contributed by atoms with van der Waals surface area (Å²) in [6.45, 7) is -2.97. The van der Waals surface area contributed by atoms with Crippen LogP contribution in [0.1, 0.15) is 10.5 Å². The molecule has 0 atom stereocenters. The van der Waals surface area contributed by atoms with E-state index < -0.39 is 12.5 Å². The first-order chi connectivity index (χ1) is 13.1. The Kier molecular flexibility index (Phi) is 5.55. The van der Waals surface area contributed by atoms with Crippen molar-refractivity contribution in [1.29, 1.82) is 0 Å². The highest BCUT2D eigenvalue weighted by Gasteiger charge is 2.14. The average molecular weight is 371 g/mol. The van der Waals surface area contributed by atoms with E-state index >= 15 is 0 Å². The molecule has 1 heterocycles. The zero-order valence-corrected chi connectivity index (χ0v) is 14.2. The van der Waals surface area contributed by atoms with Crippen LogP contribution in [0, 0.1) is 0 Å². The lowest BCUT2D eigenvalue weighted by Crippen LogP contribution is -2.14. The number of halogens is 2. The van der Waals surface area contributed by atoms with Gasteiger partial charge in [-0.05, 0) is 35.9 Å². The molecule has 3 rings (SSSR count). The van der Waals surface area contributed by atoms with Gasteiger partial charge >= 0.3 is 6.61 Å². The summed E-state index contributed by atoms with van der Waals surface area (Å²) in [7, 11) is 1.53. The summed E-state index contributed by atoms with van der Waals surface area (Å²) in [4.78, 5) is 20.0. The first-order valence-corrected chi connectivity index (χ1v) is 7.87. The highest BCUT2D eigenvalue weighted by Crippen LogP contribution is 2.34. The summed E-state index contributed by atoms with van der Waals surface area (Å²) in [6.07, 6.45) is 4.18. The van der Waals surface area contributed by atoms with Crippen LogP contribution in [0.15, 0.2) is 61.1 Å².